The number of aliphatic hydroxyl groups excluding tert-OH is 3. The first kappa shape index (κ1) is 37.3. The number of phenols is 4. The van der Waals surface area contributed by atoms with Crippen molar-refractivity contribution in [3.8, 4) is 34.5 Å². The summed E-state index contributed by atoms with van der Waals surface area (Å²) >= 11 is 0. The van der Waals surface area contributed by atoms with Gasteiger partial charge in [0.15, 0.2) is 40.8 Å². The van der Waals surface area contributed by atoms with E-state index in [1.54, 1.807) is 30.3 Å². The first-order chi connectivity index (χ1) is 23.5. The predicted octanol–water partition coefficient (Wildman–Crippen LogP) is 3.32. The number of unbranched alkanes of at least 4 members (excludes halogenated alkanes) is 1. The molecule has 4 rings (SSSR count). The molecule has 1 aliphatic rings. The molecule has 1 heterocycles. The van der Waals surface area contributed by atoms with Crippen molar-refractivity contribution in [3.05, 3.63) is 77.4 Å². The van der Waals surface area contributed by atoms with Crippen molar-refractivity contribution in [2.45, 2.75) is 75.3 Å². The molecule has 3 aromatic carbocycles. The summed E-state index contributed by atoms with van der Waals surface area (Å²) in [6.45, 7) is -0.434. The van der Waals surface area contributed by atoms with Crippen LogP contribution in [0.4, 0.5) is 0 Å². The minimum absolute atomic E-state index is 0.199. The summed E-state index contributed by atoms with van der Waals surface area (Å²) in [5, 5.41) is 70.9. The molecule has 1 aliphatic heterocycles. The van der Waals surface area contributed by atoms with Gasteiger partial charge in [0.25, 0.3) is 0 Å². The van der Waals surface area contributed by atoms with Crippen LogP contribution in [0.1, 0.15) is 42.4 Å². The van der Waals surface area contributed by atoms with Crippen molar-refractivity contribution < 1.29 is 64.2 Å². The predicted molar refractivity (Wildman–Crippen MR) is 177 cm³/mol. The van der Waals surface area contributed by atoms with Crippen LogP contribution in [0.3, 0.4) is 0 Å². The van der Waals surface area contributed by atoms with Crippen molar-refractivity contribution in [1.29, 1.82) is 0 Å². The summed E-state index contributed by atoms with van der Waals surface area (Å²) < 4.78 is 27.8. The van der Waals surface area contributed by atoms with Gasteiger partial charge in [-0.3, -0.25) is 0 Å². The van der Waals surface area contributed by atoms with Crippen LogP contribution in [0, 0.1) is 0 Å². The highest BCUT2D eigenvalue weighted by molar-refractivity contribution is 5.87. The zero-order valence-corrected chi connectivity index (χ0v) is 27.3. The van der Waals surface area contributed by atoms with E-state index in [1.165, 1.54) is 50.6 Å². The number of ether oxygens (including phenoxy) is 5. The highest BCUT2D eigenvalue weighted by Gasteiger charge is 2.45. The van der Waals surface area contributed by atoms with Crippen molar-refractivity contribution in [3.63, 3.8) is 0 Å². The normalized spacial score (nSPS) is 21.4. The van der Waals surface area contributed by atoms with E-state index in [4.69, 9.17) is 23.7 Å². The second-order valence-electron chi connectivity index (χ2n) is 11.8. The van der Waals surface area contributed by atoms with Crippen molar-refractivity contribution in [2.75, 3.05) is 20.8 Å². The summed E-state index contributed by atoms with van der Waals surface area (Å²) in [4.78, 5) is 12.5. The number of benzene rings is 3. The number of aryl methyl sites for hydroxylation is 2. The van der Waals surface area contributed by atoms with Crippen LogP contribution in [-0.2, 0) is 31.8 Å². The molecule has 0 amide bonds. The number of methoxy groups -OCH3 is 2. The van der Waals surface area contributed by atoms with Gasteiger partial charge in [0.2, 0.25) is 0 Å². The molecule has 7 N–H and O–H groups in total. The molecule has 266 valence electrons. The lowest BCUT2D eigenvalue weighted by Crippen LogP contribution is -2.60. The fraction of sp³-hybridized carbons (Fsp3) is 0.417. The lowest BCUT2D eigenvalue weighted by molar-refractivity contribution is -0.312. The fourth-order valence-corrected chi connectivity index (χ4v) is 5.45. The fourth-order valence-electron chi connectivity index (χ4n) is 5.45. The van der Waals surface area contributed by atoms with E-state index in [0.29, 0.717) is 55.6 Å². The van der Waals surface area contributed by atoms with Gasteiger partial charge in [-0.25, -0.2) is 4.79 Å². The highest BCUT2D eigenvalue weighted by Crippen LogP contribution is 2.30. The van der Waals surface area contributed by atoms with Gasteiger partial charge < -0.3 is 59.4 Å². The van der Waals surface area contributed by atoms with Crippen LogP contribution in [-0.4, -0.2) is 99.4 Å². The first-order valence-electron chi connectivity index (χ1n) is 15.9. The number of aromatic hydroxyl groups is 4. The van der Waals surface area contributed by atoms with E-state index in [9.17, 15) is 40.5 Å². The molecule has 49 heavy (non-hydrogen) atoms. The number of esters is 1. The molecule has 0 aliphatic carbocycles. The SMILES string of the molecule is COc1ccc(C=CC(=O)OC[C@@H]2O[C@@H](O[C@H](CCCCc3ccc(O)c(O)c3)CCc3ccc(O)c(O)c3)[C@H](O)[C@@H](O)[C@@H]2O)cc1OC. The quantitative estimate of drug-likeness (QED) is 0.0501. The van der Waals surface area contributed by atoms with E-state index >= 15 is 0 Å². The molecular formula is C36H44O13. The van der Waals surface area contributed by atoms with Crippen LogP contribution in [0.5, 0.6) is 34.5 Å². The van der Waals surface area contributed by atoms with Gasteiger partial charge in [-0.2, -0.15) is 0 Å². The van der Waals surface area contributed by atoms with E-state index in [2.05, 4.69) is 0 Å². The highest BCUT2D eigenvalue weighted by atomic mass is 16.7. The molecule has 13 heteroatoms. The third-order valence-electron chi connectivity index (χ3n) is 8.28. The van der Waals surface area contributed by atoms with Gasteiger partial charge in [0.1, 0.15) is 31.0 Å². The topological polar surface area (TPSA) is 205 Å². The lowest BCUT2D eigenvalue weighted by atomic mass is 9.98. The summed E-state index contributed by atoms with van der Waals surface area (Å²) in [6, 6.07) is 14.2. The van der Waals surface area contributed by atoms with Crippen molar-refractivity contribution in [1.82, 2.24) is 0 Å². The van der Waals surface area contributed by atoms with Crippen LogP contribution in [0.25, 0.3) is 6.08 Å². The van der Waals surface area contributed by atoms with E-state index in [1.807, 2.05) is 0 Å². The Morgan fingerprint density at radius 1 is 0.755 bits per heavy atom. The van der Waals surface area contributed by atoms with Gasteiger partial charge in [-0.1, -0.05) is 24.6 Å². The molecule has 0 spiro atoms. The summed E-state index contributed by atoms with van der Waals surface area (Å²) in [7, 11) is 3.01. The minimum atomic E-state index is -1.65. The van der Waals surface area contributed by atoms with Gasteiger partial charge in [0.05, 0.1) is 20.3 Å². The summed E-state index contributed by atoms with van der Waals surface area (Å²) in [5.74, 6) is -0.630. The molecule has 0 unspecified atom stereocenters. The second-order valence-corrected chi connectivity index (χ2v) is 11.8. The lowest BCUT2D eigenvalue weighted by Gasteiger charge is -2.41. The molecule has 0 radical (unpaired) electrons. The number of carbonyl (C=O) groups excluding carboxylic acids is 1. The number of phenolic OH excluding ortho intramolecular Hbond substituents is 4. The van der Waals surface area contributed by atoms with E-state index < -0.39 is 49.4 Å². The Hall–Kier alpha value is -4.53. The molecule has 0 aromatic heterocycles. The maximum absolute atomic E-state index is 12.5. The molecule has 13 nitrogen and oxygen atoms in total. The monoisotopic (exact) mass is 684 g/mol. The summed E-state index contributed by atoms with van der Waals surface area (Å²) in [6.07, 6.45) is -1.89. The van der Waals surface area contributed by atoms with E-state index in [0.717, 1.165) is 11.1 Å². The van der Waals surface area contributed by atoms with Gasteiger partial charge in [-0.15, -0.1) is 0 Å². The molecule has 0 saturated carbocycles. The van der Waals surface area contributed by atoms with Gasteiger partial charge >= 0.3 is 5.97 Å². The summed E-state index contributed by atoms with van der Waals surface area (Å²) in [5.41, 5.74) is 2.21. The zero-order valence-electron chi connectivity index (χ0n) is 27.3. The zero-order chi connectivity index (χ0) is 35.5. The molecule has 1 saturated heterocycles. The second kappa shape index (κ2) is 17.7. The Kier molecular flexibility index (Phi) is 13.5. The Balaban J connectivity index is 1.37. The Morgan fingerprint density at radius 2 is 1.41 bits per heavy atom. The first-order valence-corrected chi connectivity index (χ1v) is 15.9. The largest absolute Gasteiger partial charge is 0.504 e. The smallest absolute Gasteiger partial charge is 0.330 e. The third kappa shape index (κ3) is 10.5. The average molecular weight is 685 g/mol. The maximum atomic E-state index is 12.5. The standard InChI is InChI=1S/C36H44O13/c1-45-29-15-10-23(19-30(29)46-2)11-16-32(41)47-20-31-33(42)34(43)35(44)36(49-31)48-24(12-7-22-9-14-26(38)28(40)18-22)6-4-3-5-21-8-13-25(37)27(39)17-21/h8-11,13-19,24,31,33-40,42-44H,3-7,12,20H2,1-2H3/t24-,31+,33-,34+,35-,36-/m1/s1. The van der Waals surface area contributed by atoms with E-state index in [-0.39, 0.29) is 23.0 Å². The Bertz CT molecular complexity index is 1560. The number of hydrogen-bond donors (Lipinski definition) is 7. The van der Waals surface area contributed by atoms with Gasteiger partial charge in [-0.05, 0) is 91.3 Å². The number of carbonyl (C=O) groups is 1. The molecule has 1 fully saturated rings. The Morgan fingerprint density at radius 3 is 2.04 bits per heavy atom. The van der Waals surface area contributed by atoms with Crippen LogP contribution in [0.15, 0.2) is 60.7 Å². The number of hydrogen-bond acceptors (Lipinski definition) is 13. The molecule has 0 bridgehead atoms. The Labute approximate surface area is 284 Å². The number of rotatable bonds is 16. The van der Waals surface area contributed by atoms with Crippen molar-refractivity contribution in [2.24, 2.45) is 0 Å². The van der Waals surface area contributed by atoms with Gasteiger partial charge in [0, 0.05) is 6.08 Å². The number of aliphatic hydroxyl groups is 3. The maximum Gasteiger partial charge on any atom is 0.330 e. The molecule has 3 aromatic rings. The van der Waals surface area contributed by atoms with Crippen LogP contribution >= 0.6 is 0 Å². The molecular weight excluding hydrogens is 640 g/mol. The van der Waals surface area contributed by atoms with Crippen LogP contribution < -0.4 is 9.47 Å². The molecule has 6 atom stereocenters. The van der Waals surface area contributed by atoms with Crippen LogP contribution in [0.2, 0.25) is 0 Å². The average Bonchev–Trinajstić information content (AvgIpc) is 3.10. The third-order valence-corrected chi connectivity index (χ3v) is 8.28. The minimum Gasteiger partial charge on any atom is -0.504 e. The van der Waals surface area contributed by atoms with Crippen molar-refractivity contribution >= 4 is 12.0 Å².